The van der Waals surface area contributed by atoms with Crippen LogP contribution in [0.3, 0.4) is 0 Å². The zero-order valence-electron chi connectivity index (χ0n) is 13.2. The second-order valence-corrected chi connectivity index (χ2v) is 6.17. The van der Waals surface area contributed by atoms with Crippen molar-refractivity contribution in [3.8, 4) is 0 Å². The molecule has 1 fully saturated rings. The second kappa shape index (κ2) is 6.28. The van der Waals surface area contributed by atoms with Gasteiger partial charge in [-0.05, 0) is 31.2 Å². The third-order valence-electron chi connectivity index (χ3n) is 3.85. The zero-order valence-corrected chi connectivity index (χ0v) is 13.2. The molecule has 1 N–H and O–H groups in total. The van der Waals surface area contributed by atoms with Crippen molar-refractivity contribution in [2.75, 3.05) is 6.54 Å². The van der Waals surface area contributed by atoms with Crippen LogP contribution in [0, 0.1) is 5.92 Å². The van der Waals surface area contributed by atoms with Gasteiger partial charge in [-0.3, -0.25) is 14.3 Å². The van der Waals surface area contributed by atoms with Crippen LogP contribution in [-0.4, -0.2) is 45.1 Å². The summed E-state index contributed by atoms with van der Waals surface area (Å²) in [6, 6.07) is -0.791. The van der Waals surface area contributed by atoms with Gasteiger partial charge in [-0.1, -0.05) is 13.8 Å². The van der Waals surface area contributed by atoms with E-state index in [0.717, 1.165) is 5.56 Å². The number of piperazine rings is 1. The molecule has 0 spiro atoms. The number of nitrogens with zero attached hydrogens (tertiary/aromatic N) is 3. The summed E-state index contributed by atoms with van der Waals surface area (Å²) >= 11 is 0. The van der Waals surface area contributed by atoms with E-state index in [0.29, 0.717) is 25.3 Å². The monoisotopic (exact) mass is 292 g/mol. The van der Waals surface area contributed by atoms with E-state index in [1.165, 1.54) is 0 Å². The van der Waals surface area contributed by atoms with Gasteiger partial charge >= 0.3 is 0 Å². The molecule has 2 heterocycles. The lowest BCUT2D eigenvalue weighted by Gasteiger charge is -2.38. The molecule has 2 rings (SSSR count). The Morgan fingerprint density at radius 1 is 1.38 bits per heavy atom. The van der Waals surface area contributed by atoms with Crippen LogP contribution in [0.4, 0.5) is 0 Å². The summed E-state index contributed by atoms with van der Waals surface area (Å²) in [5, 5.41) is 6.95. The fourth-order valence-corrected chi connectivity index (χ4v) is 2.67. The molecule has 2 unspecified atom stereocenters. The number of carbonyl (C=O) groups is 2. The average Bonchev–Trinajstić information content (AvgIpc) is 2.81. The van der Waals surface area contributed by atoms with Crippen LogP contribution in [0.25, 0.3) is 0 Å². The Labute approximate surface area is 125 Å². The highest BCUT2D eigenvalue weighted by atomic mass is 16.2. The summed E-state index contributed by atoms with van der Waals surface area (Å²) in [5.74, 6) is 0.332. The first-order valence-corrected chi connectivity index (χ1v) is 7.47. The minimum atomic E-state index is -0.405. The summed E-state index contributed by atoms with van der Waals surface area (Å²) in [7, 11) is 1.87. The average molecular weight is 292 g/mol. The SMILES string of the molecule is CC(C)CC1NC(=O)C(C)N(CCc2cnn(C)c2)C1=O. The minimum absolute atomic E-state index is 0.0275. The maximum atomic E-state index is 12.5. The molecule has 0 aromatic carbocycles. The van der Waals surface area contributed by atoms with Gasteiger partial charge in [0.2, 0.25) is 11.8 Å². The summed E-state index contributed by atoms with van der Waals surface area (Å²) in [5.41, 5.74) is 1.07. The van der Waals surface area contributed by atoms with Gasteiger partial charge in [0.15, 0.2) is 0 Å². The first kappa shape index (κ1) is 15.5. The molecule has 0 aliphatic carbocycles. The van der Waals surface area contributed by atoms with Gasteiger partial charge in [-0.15, -0.1) is 0 Å². The molecule has 116 valence electrons. The van der Waals surface area contributed by atoms with Crippen molar-refractivity contribution in [2.45, 2.75) is 45.7 Å². The second-order valence-electron chi connectivity index (χ2n) is 6.17. The number of rotatable bonds is 5. The van der Waals surface area contributed by atoms with Gasteiger partial charge in [-0.25, -0.2) is 0 Å². The van der Waals surface area contributed by atoms with E-state index < -0.39 is 6.04 Å². The van der Waals surface area contributed by atoms with E-state index in [9.17, 15) is 9.59 Å². The van der Waals surface area contributed by atoms with Crippen LogP contribution in [0.1, 0.15) is 32.8 Å². The number of nitrogens with one attached hydrogen (secondary N) is 1. The molecular weight excluding hydrogens is 268 g/mol. The Bertz CT molecular complexity index is 523. The summed E-state index contributed by atoms with van der Waals surface area (Å²) in [4.78, 5) is 26.3. The molecule has 2 atom stereocenters. The third kappa shape index (κ3) is 3.62. The smallest absolute Gasteiger partial charge is 0.245 e. The number of aromatic nitrogens is 2. The van der Waals surface area contributed by atoms with Gasteiger partial charge in [0.05, 0.1) is 6.20 Å². The number of aryl methyl sites for hydroxylation is 1. The Balaban J connectivity index is 2.04. The van der Waals surface area contributed by atoms with Gasteiger partial charge in [-0.2, -0.15) is 5.10 Å². The van der Waals surface area contributed by atoms with Crippen LogP contribution in [-0.2, 0) is 23.1 Å². The number of carbonyl (C=O) groups excluding carboxylic acids is 2. The highest BCUT2D eigenvalue weighted by molar-refractivity contribution is 5.96. The van der Waals surface area contributed by atoms with E-state index in [4.69, 9.17) is 0 Å². The molecule has 1 saturated heterocycles. The van der Waals surface area contributed by atoms with Gasteiger partial charge < -0.3 is 10.2 Å². The summed E-state index contributed by atoms with van der Waals surface area (Å²) in [6.07, 6.45) is 5.13. The first-order chi connectivity index (χ1) is 9.88. The van der Waals surface area contributed by atoms with Crippen molar-refractivity contribution < 1.29 is 9.59 Å². The highest BCUT2D eigenvalue weighted by Crippen LogP contribution is 2.16. The predicted octanol–water partition coefficient (Wildman–Crippen LogP) is 0.724. The van der Waals surface area contributed by atoms with Crippen molar-refractivity contribution in [3.63, 3.8) is 0 Å². The number of amides is 2. The van der Waals surface area contributed by atoms with Crippen molar-refractivity contribution in [1.29, 1.82) is 0 Å². The largest absolute Gasteiger partial charge is 0.343 e. The van der Waals surface area contributed by atoms with Crippen molar-refractivity contribution >= 4 is 11.8 Å². The maximum absolute atomic E-state index is 12.5. The molecule has 6 nitrogen and oxygen atoms in total. The van der Waals surface area contributed by atoms with E-state index in [1.807, 2.05) is 13.2 Å². The van der Waals surface area contributed by atoms with E-state index in [2.05, 4.69) is 24.3 Å². The Hall–Kier alpha value is -1.85. The van der Waals surface area contributed by atoms with Crippen LogP contribution in [0.5, 0.6) is 0 Å². The normalized spacial score (nSPS) is 22.8. The Kier molecular flexibility index (Phi) is 4.65. The van der Waals surface area contributed by atoms with Gasteiger partial charge in [0.25, 0.3) is 0 Å². The van der Waals surface area contributed by atoms with Gasteiger partial charge in [0, 0.05) is 19.8 Å². The topological polar surface area (TPSA) is 67.2 Å². The van der Waals surface area contributed by atoms with Crippen molar-refractivity contribution in [2.24, 2.45) is 13.0 Å². The molecule has 1 aromatic rings. The lowest BCUT2D eigenvalue weighted by atomic mass is 9.98. The summed E-state index contributed by atoms with van der Waals surface area (Å²) in [6.45, 7) is 6.44. The number of hydrogen-bond donors (Lipinski definition) is 1. The molecule has 0 radical (unpaired) electrons. The fraction of sp³-hybridized carbons (Fsp3) is 0.667. The van der Waals surface area contributed by atoms with Gasteiger partial charge in [0.1, 0.15) is 12.1 Å². The molecule has 1 aliphatic heterocycles. The molecule has 21 heavy (non-hydrogen) atoms. The minimum Gasteiger partial charge on any atom is -0.343 e. The fourth-order valence-electron chi connectivity index (χ4n) is 2.67. The number of hydrogen-bond acceptors (Lipinski definition) is 3. The van der Waals surface area contributed by atoms with Crippen LogP contribution in [0.15, 0.2) is 12.4 Å². The van der Waals surface area contributed by atoms with Crippen LogP contribution < -0.4 is 5.32 Å². The Morgan fingerprint density at radius 3 is 2.67 bits per heavy atom. The summed E-state index contributed by atoms with van der Waals surface area (Å²) < 4.78 is 1.74. The van der Waals surface area contributed by atoms with E-state index in [1.54, 1.807) is 22.7 Å². The molecule has 1 aromatic heterocycles. The van der Waals surface area contributed by atoms with E-state index in [-0.39, 0.29) is 17.9 Å². The molecule has 0 bridgehead atoms. The predicted molar refractivity (Wildman–Crippen MR) is 79.5 cm³/mol. The lowest BCUT2D eigenvalue weighted by molar-refractivity contribution is -0.149. The molecule has 6 heteroatoms. The maximum Gasteiger partial charge on any atom is 0.245 e. The lowest BCUT2D eigenvalue weighted by Crippen LogP contribution is -2.62. The van der Waals surface area contributed by atoms with Crippen LogP contribution >= 0.6 is 0 Å². The molecular formula is C15H24N4O2. The Morgan fingerprint density at radius 2 is 2.10 bits per heavy atom. The highest BCUT2D eigenvalue weighted by Gasteiger charge is 2.37. The standard InChI is InChI=1S/C15H24N4O2/c1-10(2)7-13-15(21)19(11(3)14(20)17-13)6-5-12-8-16-18(4)9-12/h8-11,13H,5-7H2,1-4H3,(H,17,20). The molecule has 1 aliphatic rings. The van der Waals surface area contributed by atoms with Crippen molar-refractivity contribution in [1.82, 2.24) is 20.0 Å². The third-order valence-corrected chi connectivity index (χ3v) is 3.85. The van der Waals surface area contributed by atoms with E-state index >= 15 is 0 Å². The molecule has 0 saturated carbocycles. The van der Waals surface area contributed by atoms with Crippen LogP contribution in [0.2, 0.25) is 0 Å². The molecule has 2 amide bonds. The zero-order chi connectivity index (χ0) is 15.6. The van der Waals surface area contributed by atoms with Crippen molar-refractivity contribution in [3.05, 3.63) is 18.0 Å². The quantitative estimate of drug-likeness (QED) is 0.870. The first-order valence-electron chi connectivity index (χ1n) is 7.47.